The van der Waals surface area contributed by atoms with Crippen LogP contribution in [0.5, 0.6) is 0 Å². The van der Waals surface area contributed by atoms with Crippen LogP contribution in [0.25, 0.3) is 10.9 Å². The van der Waals surface area contributed by atoms with Gasteiger partial charge in [0.25, 0.3) is 5.56 Å². The van der Waals surface area contributed by atoms with Crippen LogP contribution in [0.2, 0.25) is 0 Å². The number of aromatic nitrogens is 2. The van der Waals surface area contributed by atoms with Gasteiger partial charge >= 0.3 is 0 Å². The molecule has 1 aromatic carbocycles. The quantitative estimate of drug-likeness (QED) is 0.749. The van der Waals surface area contributed by atoms with Crippen LogP contribution in [0.4, 0.5) is 0 Å². The number of methoxy groups -OCH3 is 1. The van der Waals surface area contributed by atoms with Crippen LogP contribution in [0.1, 0.15) is 12.2 Å². The van der Waals surface area contributed by atoms with Gasteiger partial charge in [0.15, 0.2) is 0 Å². The Labute approximate surface area is 105 Å². The number of hydrogen-bond donors (Lipinski definition) is 2. The summed E-state index contributed by atoms with van der Waals surface area (Å²) in [6, 6.07) is 7.34. The largest absolute Gasteiger partial charge is 0.385 e. The Morgan fingerprint density at radius 3 is 3.06 bits per heavy atom. The number of para-hydroxylation sites is 1. The number of ether oxygens (including phenoxy) is 1. The van der Waals surface area contributed by atoms with Crippen LogP contribution in [0.15, 0.2) is 29.1 Å². The summed E-state index contributed by atoms with van der Waals surface area (Å²) in [5, 5.41) is 3.84. The first kappa shape index (κ1) is 12.7. The standard InChI is InChI=1S/C13H17N3O2/c1-18-8-4-7-14-9-12-15-11-6-3-2-5-10(11)13(17)16-12/h2-3,5-6,14H,4,7-9H2,1H3,(H,15,16,17). The fourth-order valence-electron chi connectivity index (χ4n) is 1.77. The molecule has 0 bridgehead atoms. The monoisotopic (exact) mass is 247 g/mol. The normalized spacial score (nSPS) is 10.9. The van der Waals surface area contributed by atoms with Crippen LogP contribution < -0.4 is 10.9 Å². The summed E-state index contributed by atoms with van der Waals surface area (Å²) in [4.78, 5) is 19.0. The minimum absolute atomic E-state index is 0.0886. The average molecular weight is 247 g/mol. The lowest BCUT2D eigenvalue weighted by Crippen LogP contribution is -2.21. The van der Waals surface area contributed by atoms with E-state index < -0.39 is 0 Å². The number of rotatable bonds is 6. The van der Waals surface area contributed by atoms with Crippen LogP contribution in [0, 0.1) is 0 Å². The Bertz CT molecular complexity index is 565. The van der Waals surface area contributed by atoms with E-state index in [0.29, 0.717) is 17.8 Å². The molecular weight excluding hydrogens is 230 g/mol. The summed E-state index contributed by atoms with van der Waals surface area (Å²) in [6.45, 7) is 2.13. The molecule has 0 saturated heterocycles. The summed E-state index contributed by atoms with van der Waals surface area (Å²) < 4.78 is 4.96. The minimum atomic E-state index is -0.0886. The molecule has 2 N–H and O–H groups in total. The van der Waals surface area contributed by atoms with E-state index in [9.17, 15) is 4.79 Å². The van der Waals surface area contributed by atoms with Gasteiger partial charge in [0, 0.05) is 13.7 Å². The Balaban J connectivity index is 2.03. The second-order valence-corrected chi connectivity index (χ2v) is 4.05. The Hall–Kier alpha value is -1.72. The third-order valence-electron chi connectivity index (χ3n) is 2.66. The fourth-order valence-corrected chi connectivity index (χ4v) is 1.77. The summed E-state index contributed by atoms with van der Waals surface area (Å²) in [7, 11) is 1.68. The second-order valence-electron chi connectivity index (χ2n) is 4.05. The first-order chi connectivity index (χ1) is 8.81. The maximum atomic E-state index is 11.8. The summed E-state index contributed by atoms with van der Waals surface area (Å²) in [5.41, 5.74) is 0.643. The van der Waals surface area contributed by atoms with Gasteiger partial charge in [-0.2, -0.15) is 0 Å². The van der Waals surface area contributed by atoms with Crippen LogP contribution in [-0.2, 0) is 11.3 Å². The van der Waals surface area contributed by atoms with Crippen LogP contribution in [0.3, 0.4) is 0 Å². The average Bonchev–Trinajstić information content (AvgIpc) is 2.39. The van der Waals surface area contributed by atoms with Crippen molar-refractivity contribution >= 4 is 10.9 Å². The minimum Gasteiger partial charge on any atom is -0.385 e. The zero-order valence-electron chi connectivity index (χ0n) is 10.4. The predicted octanol–water partition coefficient (Wildman–Crippen LogP) is 1.05. The third-order valence-corrected chi connectivity index (χ3v) is 2.66. The van der Waals surface area contributed by atoms with Gasteiger partial charge in [-0.05, 0) is 25.1 Å². The van der Waals surface area contributed by atoms with Crippen molar-refractivity contribution in [2.45, 2.75) is 13.0 Å². The van der Waals surface area contributed by atoms with Crippen molar-refractivity contribution in [3.8, 4) is 0 Å². The van der Waals surface area contributed by atoms with E-state index in [0.717, 1.165) is 25.1 Å². The molecule has 0 aliphatic carbocycles. The highest BCUT2D eigenvalue weighted by molar-refractivity contribution is 5.77. The molecule has 2 rings (SSSR count). The summed E-state index contributed by atoms with van der Waals surface area (Å²) >= 11 is 0. The second kappa shape index (κ2) is 6.28. The van der Waals surface area contributed by atoms with E-state index in [1.807, 2.05) is 18.2 Å². The number of nitrogens with zero attached hydrogens (tertiary/aromatic N) is 1. The summed E-state index contributed by atoms with van der Waals surface area (Å²) in [5.74, 6) is 0.663. The highest BCUT2D eigenvalue weighted by Gasteiger charge is 2.02. The Morgan fingerprint density at radius 2 is 2.22 bits per heavy atom. The lowest BCUT2D eigenvalue weighted by molar-refractivity contribution is 0.194. The third kappa shape index (κ3) is 3.15. The maximum Gasteiger partial charge on any atom is 0.258 e. The SMILES string of the molecule is COCCCNCc1nc2ccccc2c(=O)[nH]1. The van der Waals surface area contributed by atoms with E-state index in [4.69, 9.17) is 4.74 Å². The highest BCUT2D eigenvalue weighted by Crippen LogP contribution is 2.05. The molecular formula is C13H17N3O2. The number of aromatic amines is 1. The van der Waals surface area contributed by atoms with Gasteiger partial charge in [-0.25, -0.2) is 4.98 Å². The molecule has 2 aromatic rings. The van der Waals surface area contributed by atoms with Crippen molar-refractivity contribution in [3.05, 3.63) is 40.4 Å². The van der Waals surface area contributed by atoms with Gasteiger partial charge in [0.1, 0.15) is 5.82 Å². The van der Waals surface area contributed by atoms with E-state index in [2.05, 4.69) is 15.3 Å². The molecule has 0 radical (unpaired) electrons. The van der Waals surface area contributed by atoms with Crippen molar-refractivity contribution in [1.82, 2.24) is 15.3 Å². The molecule has 96 valence electrons. The van der Waals surface area contributed by atoms with Gasteiger partial charge in [-0.3, -0.25) is 4.79 Å². The topological polar surface area (TPSA) is 67.0 Å². The Morgan fingerprint density at radius 1 is 1.39 bits per heavy atom. The molecule has 0 atom stereocenters. The van der Waals surface area contributed by atoms with Crippen LogP contribution >= 0.6 is 0 Å². The van der Waals surface area contributed by atoms with E-state index in [1.165, 1.54) is 0 Å². The smallest absolute Gasteiger partial charge is 0.258 e. The van der Waals surface area contributed by atoms with Crippen molar-refractivity contribution in [2.75, 3.05) is 20.3 Å². The molecule has 0 spiro atoms. The first-order valence-electron chi connectivity index (χ1n) is 5.99. The summed E-state index contributed by atoms with van der Waals surface area (Å²) in [6.07, 6.45) is 0.939. The molecule has 0 amide bonds. The van der Waals surface area contributed by atoms with Gasteiger partial charge in [-0.1, -0.05) is 12.1 Å². The molecule has 0 aliphatic rings. The lowest BCUT2D eigenvalue weighted by atomic mass is 10.2. The molecule has 1 heterocycles. The van der Waals surface area contributed by atoms with Crippen molar-refractivity contribution in [3.63, 3.8) is 0 Å². The molecule has 0 saturated carbocycles. The molecule has 1 aromatic heterocycles. The van der Waals surface area contributed by atoms with Crippen molar-refractivity contribution < 1.29 is 4.74 Å². The number of fused-ring (bicyclic) bond motifs is 1. The van der Waals surface area contributed by atoms with Gasteiger partial charge in [0.2, 0.25) is 0 Å². The van der Waals surface area contributed by atoms with Gasteiger partial charge in [0.05, 0.1) is 17.4 Å². The van der Waals surface area contributed by atoms with Crippen LogP contribution in [-0.4, -0.2) is 30.2 Å². The van der Waals surface area contributed by atoms with E-state index in [1.54, 1.807) is 13.2 Å². The molecule has 0 aliphatic heterocycles. The zero-order chi connectivity index (χ0) is 12.8. The zero-order valence-corrected chi connectivity index (χ0v) is 10.4. The van der Waals surface area contributed by atoms with Crippen molar-refractivity contribution in [2.24, 2.45) is 0 Å². The predicted molar refractivity (Wildman–Crippen MR) is 70.6 cm³/mol. The van der Waals surface area contributed by atoms with Gasteiger partial charge < -0.3 is 15.0 Å². The molecule has 5 nitrogen and oxygen atoms in total. The number of benzene rings is 1. The number of H-pyrrole nitrogens is 1. The first-order valence-corrected chi connectivity index (χ1v) is 5.99. The molecule has 0 fully saturated rings. The maximum absolute atomic E-state index is 11.8. The van der Waals surface area contributed by atoms with E-state index in [-0.39, 0.29) is 5.56 Å². The lowest BCUT2D eigenvalue weighted by Gasteiger charge is -2.05. The van der Waals surface area contributed by atoms with Gasteiger partial charge in [-0.15, -0.1) is 0 Å². The highest BCUT2D eigenvalue weighted by atomic mass is 16.5. The molecule has 0 unspecified atom stereocenters. The molecule has 5 heteroatoms. The van der Waals surface area contributed by atoms with Crippen molar-refractivity contribution in [1.29, 1.82) is 0 Å². The number of hydrogen-bond acceptors (Lipinski definition) is 4. The Kier molecular flexibility index (Phi) is 4.44. The molecule has 18 heavy (non-hydrogen) atoms. The van der Waals surface area contributed by atoms with E-state index >= 15 is 0 Å². The fraction of sp³-hybridized carbons (Fsp3) is 0.385. The number of nitrogens with one attached hydrogen (secondary N) is 2.